The molecular weight excluding hydrogens is 257 g/mol. The molecule has 1 aliphatic rings. The third-order valence-electron chi connectivity index (χ3n) is 3.42. The van der Waals surface area contributed by atoms with E-state index in [1.807, 2.05) is 7.05 Å². The van der Waals surface area contributed by atoms with Crippen LogP contribution in [0, 0.1) is 5.92 Å². The molecule has 1 aromatic rings. The van der Waals surface area contributed by atoms with Gasteiger partial charge in [-0.1, -0.05) is 29.3 Å². The average molecular weight is 272 g/mol. The molecule has 0 radical (unpaired) electrons. The van der Waals surface area contributed by atoms with E-state index in [0.29, 0.717) is 21.5 Å². The zero-order chi connectivity index (χ0) is 12.6. The van der Waals surface area contributed by atoms with Gasteiger partial charge in [0.1, 0.15) is 0 Å². The number of carbonyl (C=O) groups is 1. The molecule has 17 heavy (non-hydrogen) atoms. The van der Waals surface area contributed by atoms with Crippen LogP contribution in [0.3, 0.4) is 0 Å². The normalized spacial score (nSPS) is 16.7. The minimum atomic E-state index is -0.0584. The Morgan fingerprint density at radius 1 is 1.41 bits per heavy atom. The average Bonchev–Trinajstić information content (AvgIpc) is 3.14. The lowest BCUT2D eigenvalue weighted by Gasteiger charge is -2.25. The largest absolute Gasteiger partial charge is 0.339 e. The van der Waals surface area contributed by atoms with Crippen molar-refractivity contribution < 1.29 is 4.79 Å². The number of halogens is 2. The third kappa shape index (κ3) is 2.58. The lowest BCUT2D eigenvalue weighted by molar-refractivity contribution is 0.0727. The monoisotopic (exact) mass is 271 g/mol. The van der Waals surface area contributed by atoms with Crippen molar-refractivity contribution in [2.24, 2.45) is 5.92 Å². The van der Waals surface area contributed by atoms with Crippen LogP contribution in [0.15, 0.2) is 18.2 Å². The fraction of sp³-hybridized carbons (Fsp3) is 0.462. The highest BCUT2D eigenvalue weighted by Gasteiger charge is 2.33. The Hall–Kier alpha value is -0.730. The lowest BCUT2D eigenvalue weighted by Crippen LogP contribution is -2.36. The van der Waals surface area contributed by atoms with Crippen LogP contribution >= 0.6 is 23.2 Å². The summed E-state index contributed by atoms with van der Waals surface area (Å²) in [5, 5.41) is 0.763. The van der Waals surface area contributed by atoms with Crippen LogP contribution in [0.1, 0.15) is 30.1 Å². The van der Waals surface area contributed by atoms with Crippen LogP contribution in [0.4, 0.5) is 0 Å². The molecule has 1 aromatic carbocycles. The van der Waals surface area contributed by atoms with Gasteiger partial charge >= 0.3 is 0 Å². The van der Waals surface area contributed by atoms with Gasteiger partial charge in [-0.25, -0.2) is 0 Å². The van der Waals surface area contributed by atoms with E-state index in [2.05, 4.69) is 6.92 Å². The zero-order valence-corrected chi connectivity index (χ0v) is 11.4. The van der Waals surface area contributed by atoms with Gasteiger partial charge in [-0.3, -0.25) is 4.79 Å². The summed E-state index contributed by atoms with van der Waals surface area (Å²) in [5.41, 5.74) is 0.481. The van der Waals surface area contributed by atoms with Crippen LogP contribution in [-0.2, 0) is 0 Å². The molecule has 92 valence electrons. The first-order valence-corrected chi connectivity index (χ1v) is 6.49. The SMILES string of the molecule is CC(C1CC1)N(C)C(=O)c1cccc(Cl)c1Cl. The Bertz CT molecular complexity index is 443. The summed E-state index contributed by atoms with van der Waals surface area (Å²) in [6.45, 7) is 2.08. The Morgan fingerprint density at radius 3 is 2.65 bits per heavy atom. The fourth-order valence-electron chi connectivity index (χ4n) is 1.94. The van der Waals surface area contributed by atoms with E-state index >= 15 is 0 Å². The molecule has 1 fully saturated rings. The highest BCUT2D eigenvalue weighted by atomic mass is 35.5. The van der Waals surface area contributed by atoms with Gasteiger partial charge in [0.05, 0.1) is 15.6 Å². The number of benzene rings is 1. The molecule has 0 bridgehead atoms. The zero-order valence-electron chi connectivity index (χ0n) is 9.91. The first-order valence-electron chi connectivity index (χ1n) is 5.73. The highest BCUT2D eigenvalue weighted by Crippen LogP contribution is 2.35. The van der Waals surface area contributed by atoms with E-state index in [1.54, 1.807) is 23.1 Å². The van der Waals surface area contributed by atoms with Crippen LogP contribution in [0.2, 0.25) is 10.0 Å². The van der Waals surface area contributed by atoms with E-state index in [0.717, 1.165) is 0 Å². The molecule has 1 unspecified atom stereocenters. The standard InChI is InChI=1S/C13H15Cl2NO/c1-8(9-6-7-9)16(2)13(17)10-4-3-5-11(14)12(10)15/h3-5,8-9H,6-7H2,1-2H3. The lowest BCUT2D eigenvalue weighted by atomic mass is 10.1. The molecule has 4 heteroatoms. The van der Waals surface area contributed by atoms with Crippen molar-refractivity contribution in [3.05, 3.63) is 33.8 Å². The van der Waals surface area contributed by atoms with Crippen molar-refractivity contribution in [1.29, 1.82) is 0 Å². The molecule has 1 atom stereocenters. The molecule has 1 aliphatic carbocycles. The number of hydrogen-bond acceptors (Lipinski definition) is 1. The van der Waals surface area contributed by atoms with Gasteiger partial charge in [0.25, 0.3) is 5.91 Å². The Balaban J connectivity index is 2.21. The van der Waals surface area contributed by atoms with Crippen molar-refractivity contribution >= 4 is 29.1 Å². The van der Waals surface area contributed by atoms with Gasteiger partial charge in [0.15, 0.2) is 0 Å². The predicted octanol–water partition coefficient (Wildman–Crippen LogP) is 3.86. The van der Waals surface area contributed by atoms with E-state index in [1.165, 1.54) is 12.8 Å². The van der Waals surface area contributed by atoms with Crippen LogP contribution in [0.25, 0.3) is 0 Å². The molecule has 0 N–H and O–H groups in total. The van der Waals surface area contributed by atoms with Gasteiger partial charge in [-0.05, 0) is 37.8 Å². The maximum Gasteiger partial charge on any atom is 0.255 e. The van der Waals surface area contributed by atoms with Crippen LogP contribution in [0.5, 0.6) is 0 Å². The summed E-state index contributed by atoms with van der Waals surface area (Å²) in [5.74, 6) is 0.582. The molecule has 2 rings (SSSR count). The first kappa shape index (κ1) is 12.7. The maximum atomic E-state index is 12.3. The predicted molar refractivity (Wildman–Crippen MR) is 70.7 cm³/mol. The molecule has 0 heterocycles. The quantitative estimate of drug-likeness (QED) is 0.818. The number of amides is 1. The van der Waals surface area contributed by atoms with Crippen molar-refractivity contribution in [2.45, 2.75) is 25.8 Å². The van der Waals surface area contributed by atoms with E-state index in [9.17, 15) is 4.79 Å². The van der Waals surface area contributed by atoms with Crippen molar-refractivity contribution in [2.75, 3.05) is 7.05 Å². The molecule has 2 nitrogen and oxygen atoms in total. The van der Waals surface area contributed by atoms with Crippen LogP contribution < -0.4 is 0 Å². The Kier molecular flexibility index (Phi) is 3.64. The second-order valence-corrected chi connectivity index (χ2v) is 5.38. The molecule has 0 spiro atoms. The molecular formula is C13H15Cl2NO. The van der Waals surface area contributed by atoms with Gasteiger partial charge in [0, 0.05) is 13.1 Å². The van der Waals surface area contributed by atoms with E-state index < -0.39 is 0 Å². The first-order chi connectivity index (χ1) is 8.02. The van der Waals surface area contributed by atoms with Crippen molar-refractivity contribution in [3.8, 4) is 0 Å². The molecule has 1 saturated carbocycles. The van der Waals surface area contributed by atoms with E-state index in [4.69, 9.17) is 23.2 Å². The highest BCUT2D eigenvalue weighted by molar-refractivity contribution is 6.43. The van der Waals surface area contributed by atoms with Gasteiger partial charge in [-0.15, -0.1) is 0 Å². The summed E-state index contributed by atoms with van der Waals surface area (Å²) in [6.07, 6.45) is 2.42. The number of rotatable bonds is 3. The molecule has 0 aliphatic heterocycles. The topological polar surface area (TPSA) is 20.3 Å². The molecule has 1 amide bonds. The summed E-state index contributed by atoms with van der Waals surface area (Å²) < 4.78 is 0. The van der Waals surface area contributed by atoms with Crippen LogP contribution in [-0.4, -0.2) is 23.9 Å². The van der Waals surface area contributed by atoms with E-state index in [-0.39, 0.29) is 11.9 Å². The van der Waals surface area contributed by atoms with Gasteiger partial charge in [0.2, 0.25) is 0 Å². The minimum absolute atomic E-state index is 0.0584. The Morgan fingerprint density at radius 2 is 2.06 bits per heavy atom. The molecule has 0 saturated heterocycles. The second kappa shape index (κ2) is 4.87. The van der Waals surface area contributed by atoms with Gasteiger partial charge < -0.3 is 4.90 Å². The number of hydrogen-bond donors (Lipinski definition) is 0. The second-order valence-electron chi connectivity index (χ2n) is 4.60. The summed E-state index contributed by atoms with van der Waals surface area (Å²) in [6, 6.07) is 5.41. The van der Waals surface area contributed by atoms with Crippen molar-refractivity contribution in [3.63, 3.8) is 0 Å². The van der Waals surface area contributed by atoms with Gasteiger partial charge in [-0.2, -0.15) is 0 Å². The minimum Gasteiger partial charge on any atom is -0.339 e. The van der Waals surface area contributed by atoms with Crippen molar-refractivity contribution in [1.82, 2.24) is 4.90 Å². The summed E-state index contributed by atoms with van der Waals surface area (Å²) in [4.78, 5) is 14.0. The number of nitrogens with zero attached hydrogens (tertiary/aromatic N) is 1. The summed E-state index contributed by atoms with van der Waals surface area (Å²) in [7, 11) is 1.82. The Labute approximate surface area is 112 Å². The number of carbonyl (C=O) groups excluding carboxylic acids is 1. The fourth-order valence-corrected chi connectivity index (χ4v) is 2.32. The third-order valence-corrected chi connectivity index (χ3v) is 4.24. The summed E-state index contributed by atoms with van der Waals surface area (Å²) >= 11 is 12.0. The maximum absolute atomic E-state index is 12.3. The molecule has 0 aromatic heterocycles. The smallest absolute Gasteiger partial charge is 0.255 e.